The molecule has 0 radical (unpaired) electrons. The summed E-state index contributed by atoms with van der Waals surface area (Å²) in [6.45, 7) is 2.54. The topological polar surface area (TPSA) is 112 Å². The lowest BCUT2D eigenvalue weighted by atomic mass is 10.1. The van der Waals surface area contributed by atoms with Crippen LogP contribution in [0.4, 0.5) is 4.39 Å². The SMILES string of the molecule is CC1(N)COC(c2nc(-c3ccc(F)cc3)c(-c3ccnc(Cc4ccncc4)n3)[nH]2)OC1. The van der Waals surface area contributed by atoms with Crippen molar-refractivity contribution in [3.63, 3.8) is 0 Å². The van der Waals surface area contributed by atoms with E-state index in [4.69, 9.17) is 25.2 Å². The van der Waals surface area contributed by atoms with Gasteiger partial charge in [0.25, 0.3) is 0 Å². The molecule has 8 nitrogen and oxygen atoms in total. The normalized spacial score (nSPS) is 20.6. The molecule has 1 saturated heterocycles. The summed E-state index contributed by atoms with van der Waals surface area (Å²) in [7, 11) is 0. The summed E-state index contributed by atoms with van der Waals surface area (Å²) >= 11 is 0. The molecule has 33 heavy (non-hydrogen) atoms. The standard InChI is InChI=1S/C24H23FN6O2/c1-24(26)13-32-23(33-14-24)22-30-20(16-2-4-17(25)5-3-16)21(31-22)18-8-11-28-19(29-18)12-15-6-9-27-10-7-15/h2-11,23H,12-14,26H2,1H3,(H,30,31). The summed E-state index contributed by atoms with van der Waals surface area (Å²) < 4.78 is 25.2. The first kappa shape index (κ1) is 21.3. The second kappa shape index (κ2) is 8.78. The van der Waals surface area contributed by atoms with Crippen molar-refractivity contribution in [2.45, 2.75) is 25.2 Å². The number of aromatic nitrogens is 5. The molecule has 4 aromatic rings. The largest absolute Gasteiger partial charge is 0.344 e. The van der Waals surface area contributed by atoms with Crippen molar-refractivity contribution < 1.29 is 13.9 Å². The van der Waals surface area contributed by atoms with Crippen LogP contribution in [-0.2, 0) is 15.9 Å². The predicted octanol–water partition coefficient (Wildman–Crippen LogP) is 3.42. The summed E-state index contributed by atoms with van der Waals surface area (Å²) in [5.41, 5.74) is 9.28. The minimum atomic E-state index is -0.687. The number of ether oxygens (including phenoxy) is 2. The van der Waals surface area contributed by atoms with Gasteiger partial charge in [-0.2, -0.15) is 0 Å². The molecule has 1 aliphatic rings. The van der Waals surface area contributed by atoms with Gasteiger partial charge in [0.1, 0.15) is 11.6 Å². The van der Waals surface area contributed by atoms with E-state index in [1.807, 2.05) is 19.1 Å². The van der Waals surface area contributed by atoms with Crippen LogP contribution in [0, 0.1) is 5.82 Å². The van der Waals surface area contributed by atoms with Gasteiger partial charge in [-0.3, -0.25) is 4.98 Å². The van der Waals surface area contributed by atoms with E-state index in [0.29, 0.717) is 48.4 Å². The number of aromatic amines is 1. The fourth-order valence-corrected chi connectivity index (χ4v) is 3.59. The molecule has 0 bridgehead atoms. The number of nitrogens with two attached hydrogens (primary N) is 1. The fourth-order valence-electron chi connectivity index (χ4n) is 3.59. The first-order chi connectivity index (χ1) is 16.0. The molecule has 0 spiro atoms. The molecule has 1 aromatic carbocycles. The molecule has 0 amide bonds. The highest BCUT2D eigenvalue weighted by Gasteiger charge is 2.32. The summed E-state index contributed by atoms with van der Waals surface area (Å²) in [6.07, 6.45) is 5.06. The zero-order valence-corrected chi connectivity index (χ0v) is 18.0. The van der Waals surface area contributed by atoms with Gasteiger partial charge in [0.2, 0.25) is 6.29 Å². The highest BCUT2D eigenvalue weighted by atomic mass is 19.1. The summed E-state index contributed by atoms with van der Waals surface area (Å²) in [6, 6.07) is 11.8. The third kappa shape index (κ3) is 4.80. The predicted molar refractivity (Wildman–Crippen MR) is 119 cm³/mol. The van der Waals surface area contributed by atoms with Crippen molar-refractivity contribution in [2.75, 3.05) is 13.2 Å². The number of pyridine rings is 1. The van der Waals surface area contributed by atoms with E-state index >= 15 is 0 Å². The number of benzene rings is 1. The van der Waals surface area contributed by atoms with Crippen molar-refractivity contribution in [1.29, 1.82) is 0 Å². The van der Waals surface area contributed by atoms with Crippen molar-refractivity contribution >= 4 is 0 Å². The molecule has 0 aliphatic carbocycles. The van der Waals surface area contributed by atoms with Crippen LogP contribution in [0.5, 0.6) is 0 Å². The van der Waals surface area contributed by atoms with Gasteiger partial charge in [-0.1, -0.05) is 0 Å². The Labute approximate surface area is 190 Å². The lowest BCUT2D eigenvalue weighted by Crippen LogP contribution is -2.50. The minimum Gasteiger partial charge on any atom is -0.344 e. The van der Waals surface area contributed by atoms with Crippen LogP contribution < -0.4 is 5.73 Å². The molecule has 1 aliphatic heterocycles. The Morgan fingerprint density at radius 3 is 2.48 bits per heavy atom. The van der Waals surface area contributed by atoms with E-state index in [0.717, 1.165) is 11.1 Å². The number of hydrogen-bond acceptors (Lipinski definition) is 7. The molecule has 1 fully saturated rings. The number of nitrogens with one attached hydrogen (secondary N) is 1. The number of hydrogen-bond donors (Lipinski definition) is 2. The Morgan fingerprint density at radius 2 is 1.76 bits per heavy atom. The van der Waals surface area contributed by atoms with Crippen LogP contribution in [0.15, 0.2) is 61.1 Å². The Morgan fingerprint density at radius 1 is 1.03 bits per heavy atom. The van der Waals surface area contributed by atoms with Crippen LogP contribution in [0.1, 0.15) is 30.4 Å². The Balaban J connectivity index is 1.52. The highest BCUT2D eigenvalue weighted by molar-refractivity contribution is 5.76. The molecular formula is C24H23FN6O2. The molecule has 3 N–H and O–H groups in total. The maximum Gasteiger partial charge on any atom is 0.217 e. The monoisotopic (exact) mass is 446 g/mol. The van der Waals surface area contributed by atoms with Gasteiger partial charge in [-0.15, -0.1) is 0 Å². The zero-order chi connectivity index (χ0) is 22.8. The number of H-pyrrole nitrogens is 1. The van der Waals surface area contributed by atoms with Gasteiger partial charge in [0, 0.05) is 30.6 Å². The number of imidazole rings is 1. The maximum atomic E-state index is 13.5. The quantitative estimate of drug-likeness (QED) is 0.483. The van der Waals surface area contributed by atoms with E-state index < -0.39 is 11.8 Å². The van der Waals surface area contributed by atoms with E-state index in [-0.39, 0.29) is 5.82 Å². The van der Waals surface area contributed by atoms with Crippen LogP contribution in [0.2, 0.25) is 0 Å². The van der Waals surface area contributed by atoms with Gasteiger partial charge < -0.3 is 20.2 Å². The average molecular weight is 446 g/mol. The molecule has 9 heteroatoms. The van der Waals surface area contributed by atoms with Gasteiger partial charge in [0.05, 0.1) is 35.8 Å². The molecular weight excluding hydrogens is 423 g/mol. The van der Waals surface area contributed by atoms with Crippen LogP contribution in [0.25, 0.3) is 22.6 Å². The van der Waals surface area contributed by atoms with Crippen molar-refractivity contribution in [3.8, 4) is 22.6 Å². The fraction of sp³-hybridized carbons (Fsp3) is 0.250. The van der Waals surface area contributed by atoms with Gasteiger partial charge >= 0.3 is 0 Å². The summed E-state index contributed by atoms with van der Waals surface area (Å²) in [5.74, 6) is 0.831. The first-order valence-corrected chi connectivity index (χ1v) is 10.6. The van der Waals surface area contributed by atoms with Crippen LogP contribution in [-0.4, -0.2) is 43.7 Å². The maximum absolute atomic E-state index is 13.5. The third-order valence-electron chi connectivity index (χ3n) is 5.27. The van der Waals surface area contributed by atoms with Crippen molar-refractivity contribution in [1.82, 2.24) is 24.9 Å². The van der Waals surface area contributed by atoms with Gasteiger partial charge in [-0.25, -0.2) is 19.3 Å². The van der Waals surface area contributed by atoms with Gasteiger partial charge in [-0.05, 0) is 55.0 Å². The van der Waals surface area contributed by atoms with E-state index in [2.05, 4.69) is 15.0 Å². The zero-order valence-electron chi connectivity index (χ0n) is 18.0. The first-order valence-electron chi connectivity index (χ1n) is 10.6. The lowest BCUT2D eigenvalue weighted by molar-refractivity contribution is -0.211. The van der Waals surface area contributed by atoms with Crippen LogP contribution >= 0.6 is 0 Å². The Bertz CT molecular complexity index is 1230. The van der Waals surface area contributed by atoms with Crippen LogP contribution in [0.3, 0.4) is 0 Å². The minimum absolute atomic E-state index is 0.320. The Hall–Kier alpha value is -3.53. The summed E-state index contributed by atoms with van der Waals surface area (Å²) in [4.78, 5) is 21.2. The molecule has 5 rings (SSSR count). The second-order valence-electron chi connectivity index (χ2n) is 8.35. The molecule has 168 valence electrons. The van der Waals surface area contributed by atoms with E-state index in [9.17, 15) is 4.39 Å². The summed E-state index contributed by atoms with van der Waals surface area (Å²) in [5, 5.41) is 0. The molecule has 4 heterocycles. The lowest BCUT2D eigenvalue weighted by Gasteiger charge is -2.33. The highest BCUT2D eigenvalue weighted by Crippen LogP contribution is 2.33. The van der Waals surface area contributed by atoms with E-state index in [1.165, 1.54) is 12.1 Å². The number of rotatable bonds is 5. The van der Waals surface area contributed by atoms with Crippen molar-refractivity contribution in [2.24, 2.45) is 5.73 Å². The Kier molecular flexibility index (Phi) is 5.67. The van der Waals surface area contributed by atoms with E-state index in [1.54, 1.807) is 36.8 Å². The smallest absolute Gasteiger partial charge is 0.217 e. The molecule has 3 aromatic heterocycles. The molecule has 0 unspecified atom stereocenters. The molecule has 0 saturated carbocycles. The average Bonchev–Trinajstić information content (AvgIpc) is 3.26. The third-order valence-corrected chi connectivity index (χ3v) is 5.27. The number of nitrogens with zero attached hydrogens (tertiary/aromatic N) is 4. The van der Waals surface area contributed by atoms with Gasteiger partial charge in [0.15, 0.2) is 5.82 Å². The van der Waals surface area contributed by atoms with Crippen molar-refractivity contribution in [3.05, 3.63) is 84.1 Å². The second-order valence-corrected chi connectivity index (χ2v) is 8.35. The number of halogens is 1. The molecule has 0 atom stereocenters.